The number of hydrogen-bond acceptors (Lipinski definition) is 3. The number of carbonyl (C=O) groups excluding carboxylic acids is 1. The summed E-state index contributed by atoms with van der Waals surface area (Å²) in [4.78, 5) is 12.4. The van der Waals surface area contributed by atoms with Crippen molar-refractivity contribution in [3.63, 3.8) is 0 Å². The monoisotopic (exact) mass is 211 g/mol. The molecule has 1 aromatic heterocycles. The molecule has 1 aromatic rings. The Morgan fingerprint density at radius 1 is 1.64 bits per heavy atom. The van der Waals surface area contributed by atoms with Crippen LogP contribution in [0, 0.1) is 0 Å². The van der Waals surface area contributed by atoms with E-state index in [9.17, 15) is 4.79 Å². The summed E-state index contributed by atoms with van der Waals surface area (Å²) in [6.07, 6.45) is 2.06. The highest BCUT2D eigenvalue weighted by Gasteiger charge is 2.17. The number of ether oxygens (including phenoxy) is 1. The van der Waals surface area contributed by atoms with Crippen LogP contribution in [0.1, 0.15) is 22.5 Å². The molecule has 1 fully saturated rings. The average Bonchev–Trinajstić information content (AvgIpc) is 2.72. The van der Waals surface area contributed by atoms with Gasteiger partial charge in [-0.05, 0) is 24.3 Å². The third-order valence-corrected chi connectivity index (χ3v) is 3.11. The first-order chi connectivity index (χ1) is 6.86. The van der Waals surface area contributed by atoms with E-state index < -0.39 is 0 Å². The van der Waals surface area contributed by atoms with Crippen LogP contribution in [0.2, 0.25) is 0 Å². The predicted molar refractivity (Wildman–Crippen MR) is 55.6 cm³/mol. The number of rotatable bonds is 2. The summed E-state index contributed by atoms with van der Waals surface area (Å²) in [5.74, 6) is 0.0236. The van der Waals surface area contributed by atoms with Crippen LogP contribution in [-0.4, -0.2) is 25.2 Å². The van der Waals surface area contributed by atoms with E-state index in [2.05, 4.69) is 5.32 Å². The summed E-state index contributed by atoms with van der Waals surface area (Å²) in [7, 11) is 0. The smallest absolute Gasteiger partial charge is 0.261 e. The number of thiophene rings is 1. The Hall–Kier alpha value is -0.870. The first kappa shape index (κ1) is 9.68. The summed E-state index contributed by atoms with van der Waals surface area (Å²) in [5.41, 5.74) is 0. The fourth-order valence-corrected chi connectivity index (χ4v) is 2.15. The molecule has 0 radical (unpaired) electrons. The van der Waals surface area contributed by atoms with Crippen LogP contribution in [0.5, 0.6) is 0 Å². The van der Waals surface area contributed by atoms with Gasteiger partial charge < -0.3 is 10.1 Å². The van der Waals surface area contributed by atoms with Gasteiger partial charge >= 0.3 is 0 Å². The summed E-state index contributed by atoms with van der Waals surface area (Å²) >= 11 is 1.47. The van der Waals surface area contributed by atoms with E-state index in [1.165, 1.54) is 11.3 Å². The average molecular weight is 211 g/mol. The molecule has 1 atom stereocenters. The quantitative estimate of drug-likeness (QED) is 0.808. The molecule has 0 unspecified atom stereocenters. The van der Waals surface area contributed by atoms with Crippen LogP contribution in [0.15, 0.2) is 17.5 Å². The molecule has 1 saturated heterocycles. The Morgan fingerprint density at radius 2 is 2.57 bits per heavy atom. The van der Waals surface area contributed by atoms with E-state index in [4.69, 9.17) is 4.74 Å². The molecule has 0 bridgehead atoms. The van der Waals surface area contributed by atoms with Crippen LogP contribution >= 0.6 is 11.3 Å². The fraction of sp³-hybridized carbons (Fsp3) is 0.500. The molecular formula is C10H13NO2S. The molecule has 0 aliphatic carbocycles. The molecule has 0 saturated carbocycles. The van der Waals surface area contributed by atoms with Crippen molar-refractivity contribution in [2.75, 3.05) is 13.2 Å². The van der Waals surface area contributed by atoms with Crippen molar-refractivity contribution in [2.24, 2.45) is 0 Å². The molecule has 1 aliphatic rings. The first-order valence-electron chi connectivity index (χ1n) is 4.78. The lowest BCUT2D eigenvalue weighted by Crippen LogP contribution is -2.40. The summed E-state index contributed by atoms with van der Waals surface area (Å²) in [6, 6.07) is 3.92. The maximum atomic E-state index is 11.6. The van der Waals surface area contributed by atoms with Gasteiger partial charge in [-0.2, -0.15) is 0 Å². The molecule has 0 aromatic carbocycles. The van der Waals surface area contributed by atoms with Gasteiger partial charge in [0.15, 0.2) is 0 Å². The van der Waals surface area contributed by atoms with E-state index in [0.29, 0.717) is 6.61 Å². The molecule has 1 N–H and O–H groups in total. The van der Waals surface area contributed by atoms with E-state index >= 15 is 0 Å². The third kappa shape index (κ3) is 2.33. The SMILES string of the molecule is O=C(N[C@@H]1CCCOC1)c1cccs1. The Balaban J connectivity index is 1.87. The lowest BCUT2D eigenvalue weighted by atomic mass is 10.1. The van der Waals surface area contributed by atoms with Gasteiger partial charge in [-0.25, -0.2) is 0 Å². The van der Waals surface area contributed by atoms with Gasteiger partial charge in [0, 0.05) is 6.61 Å². The molecule has 0 spiro atoms. The van der Waals surface area contributed by atoms with E-state index in [0.717, 1.165) is 24.3 Å². The van der Waals surface area contributed by atoms with Gasteiger partial charge in [0.05, 0.1) is 17.5 Å². The maximum Gasteiger partial charge on any atom is 0.261 e. The van der Waals surface area contributed by atoms with Crippen molar-refractivity contribution in [3.05, 3.63) is 22.4 Å². The molecule has 3 nitrogen and oxygen atoms in total. The van der Waals surface area contributed by atoms with E-state index in [-0.39, 0.29) is 11.9 Å². The second-order valence-electron chi connectivity index (χ2n) is 3.36. The standard InChI is InChI=1S/C10H13NO2S/c12-10(9-4-2-6-14-9)11-8-3-1-5-13-7-8/h2,4,6,8H,1,3,5,7H2,(H,11,12)/t8-/m1/s1. The predicted octanol–water partition coefficient (Wildman–Crippen LogP) is 1.66. The highest BCUT2D eigenvalue weighted by molar-refractivity contribution is 7.12. The number of hydrogen-bond donors (Lipinski definition) is 1. The van der Waals surface area contributed by atoms with Gasteiger partial charge in [0.1, 0.15) is 0 Å². The van der Waals surface area contributed by atoms with Crippen LogP contribution in [0.3, 0.4) is 0 Å². The lowest BCUT2D eigenvalue weighted by molar-refractivity contribution is 0.0626. The molecule has 76 valence electrons. The van der Waals surface area contributed by atoms with Crippen molar-refractivity contribution in [2.45, 2.75) is 18.9 Å². The number of carbonyl (C=O) groups is 1. The zero-order chi connectivity index (χ0) is 9.80. The normalized spacial score (nSPS) is 21.9. The molecular weight excluding hydrogens is 198 g/mol. The largest absolute Gasteiger partial charge is 0.379 e. The van der Waals surface area contributed by atoms with Crippen LogP contribution in [0.25, 0.3) is 0 Å². The molecule has 1 amide bonds. The Morgan fingerprint density at radius 3 is 3.21 bits per heavy atom. The molecule has 2 heterocycles. The number of nitrogens with one attached hydrogen (secondary N) is 1. The van der Waals surface area contributed by atoms with Crippen molar-refractivity contribution in [1.82, 2.24) is 5.32 Å². The second-order valence-corrected chi connectivity index (χ2v) is 4.31. The zero-order valence-corrected chi connectivity index (χ0v) is 8.68. The molecule has 14 heavy (non-hydrogen) atoms. The van der Waals surface area contributed by atoms with Gasteiger partial charge in [0.2, 0.25) is 0 Å². The molecule has 2 rings (SSSR count). The minimum absolute atomic E-state index is 0.0236. The van der Waals surface area contributed by atoms with Gasteiger partial charge in [-0.1, -0.05) is 6.07 Å². The van der Waals surface area contributed by atoms with Crippen molar-refractivity contribution in [3.8, 4) is 0 Å². The van der Waals surface area contributed by atoms with Gasteiger partial charge in [0.25, 0.3) is 5.91 Å². The Bertz CT molecular complexity index is 291. The lowest BCUT2D eigenvalue weighted by Gasteiger charge is -2.22. The van der Waals surface area contributed by atoms with Crippen LogP contribution in [-0.2, 0) is 4.74 Å². The summed E-state index contributed by atoms with van der Waals surface area (Å²) in [5, 5.41) is 4.88. The minimum atomic E-state index is 0.0236. The van der Waals surface area contributed by atoms with Gasteiger partial charge in [-0.3, -0.25) is 4.79 Å². The van der Waals surface area contributed by atoms with Gasteiger partial charge in [-0.15, -0.1) is 11.3 Å². The highest BCUT2D eigenvalue weighted by atomic mass is 32.1. The number of amides is 1. The van der Waals surface area contributed by atoms with Crippen LogP contribution < -0.4 is 5.32 Å². The summed E-state index contributed by atoms with van der Waals surface area (Å²) in [6.45, 7) is 1.47. The third-order valence-electron chi connectivity index (χ3n) is 2.24. The summed E-state index contributed by atoms with van der Waals surface area (Å²) < 4.78 is 5.29. The first-order valence-corrected chi connectivity index (χ1v) is 5.66. The Labute approximate surface area is 87.1 Å². The second kappa shape index (κ2) is 4.57. The van der Waals surface area contributed by atoms with Crippen molar-refractivity contribution in [1.29, 1.82) is 0 Å². The fourth-order valence-electron chi connectivity index (χ4n) is 1.52. The van der Waals surface area contributed by atoms with Crippen molar-refractivity contribution >= 4 is 17.2 Å². The maximum absolute atomic E-state index is 11.6. The molecule has 1 aliphatic heterocycles. The zero-order valence-electron chi connectivity index (χ0n) is 7.86. The Kier molecular flexibility index (Phi) is 3.16. The van der Waals surface area contributed by atoms with Crippen molar-refractivity contribution < 1.29 is 9.53 Å². The molecule has 4 heteroatoms. The highest BCUT2D eigenvalue weighted by Crippen LogP contribution is 2.11. The topological polar surface area (TPSA) is 38.3 Å². The van der Waals surface area contributed by atoms with Crippen LogP contribution in [0.4, 0.5) is 0 Å². The van der Waals surface area contributed by atoms with E-state index in [1.807, 2.05) is 17.5 Å². The minimum Gasteiger partial charge on any atom is -0.379 e. The van der Waals surface area contributed by atoms with E-state index in [1.54, 1.807) is 0 Å².